The fourth-order valence-corrected chi connectivity index (χ4v) is 5.98. The minimum Gasteiger partial charge on any atom is -0.478 e. The van der Waals surface area contributed by atoms with E-state index in [9.17, 15) is 9.90 Å². The number of rotatable bonds is 3. The van der Waals surface area contributed by atoms with Crippen molar-refractivity contribution >= 4 is 11.7 Å². The van der Waals surface area contributed by atoms with E-state index < -0.39 is 5.97 Å². The molecule has 0 spiro atoms. The summed E-state index contributed by atoms with van der Waals surface area (Å²) in [5.74, 6) is 1.72. The van der Waals surface area contributed by atoms with Crippen LogP contribution in [0.15, 0.2) is 42.5 Å². The van der Waals surface area contributed by atoms with Crippen LogP contribution in [0.4, 0.5) is 5.69 Å². The number of carboxylic acid groups (broad SMARTS) is 1. The standard InChI is InChI=1S/C23H25NO2/c1-2-13-6-8-14(9-7-13)21-20-16-11-10-15(12-16)19(20)17-4-3-5-18(23(25)26)22(17)24-21/h3-9,15-16,19-21,24H,2,10-12H2,1H3,(H,25,26)/t15-,16-,19+,20-,21+/m0/s1. The molecule has 0 aromatic heterocycles. The molecule has 5 rings (SSSR count). The number of carboxylic acids is 1. The maximum atomic E-state index is 11.8. The number of para-hydroxylation sites is 1. The second-order valence-electron chi connectivity index (χ2n) is 8.23. The van der Waals surface area contributed by atoms with Crippen molar-refractivity contribution in [3.05, 3.63) is 64.7 Å². The molecule has 2 saturated carbocycles. The summed E-state index contributed by atoms with van der Waals surface area (Å²) in [5, 5.41) is 13.4. The molecule has 2 N–H and O–H groups in total. The molecule has 0 unspecified atom stereocenters. The summed E-state index contributed by atoms with van der Waals surface area (Å²) in [6.45, 7) is 2.18. The Kier molecular flexibility index (Phi) is 3.59. The lowest BCUT2D eigenvalue weighted by Crippen LogP contribution is -2.36. The number of aryl methyl sites for hydroxylation is 1. The predicted molar refractivity (Wildman–Crippen MR) is 103 cm³/mol. The summed E-state index contributed by atoms with van der Waals surface area (Å²) in [4.78, 5) is 11.8. The first-order chi connectivity index (χ1) is 12.7. The van der Waals surface area contributed by atoms with E-state index in [1.165, 1.54) is 36.0 Å². The fourth-order valence-electron chi connectivity index (χ4n) is 5.98. The quantitative estimate of drug-likeness (QED) is 0.798. The van der Waals surface area contributed by atoms with E-state index >= 15 is 0 Å². The van der Waals surface area contributed by atoms with E-state index in [0.29, 0.717) is 23.3 Å². The van der Waals surface area contributed by atoms with Crippen molar-refractivity contribution in [2.24, 2.45) is 17.8 Å². The molecule has 1 aliphatic heterocycles. The predicted octanol–water partition coefficient (Wildman–Crippen LogP) is 5.24. The minimum atomic E-state index is -0.837. The average molecular weight is 347 g/mol. The lowest BCUT2D eigenvalue weighted by atomic mass is 9.67. The van der Waals surface area contributed by atoms with Crippen LogP contribution in [0.1, 0.15) is 65.2 Å². The number of carbonyl (C=O) groups is 1. The molecule has 2 aromatic rings. The topological polar surface area (TPSA) is 49.3 Å². The van der Waals surface area contributed by atoms with Gasteiger partial charge in [-0.05, 0) is 72.1 Å². The molecule has 5 atom stereocenters. The van der Waals surface area contributed by atoms with Gasteiger partial charge in [0.1, 0.15) is 0 Å². The number of hydrogen-bond donors (Lipinski definition) is 2. The molecule has 3 aliphatic rings. The van der Waals surface area contributed by atoms with Gasteiger partial charge in [-0.15, -0.1) is 0 Å². The van der Waals surface area contributed by atoms with Crippen LogP contribution in [0.25, 0.3) is 0 Å². The molecule has 2 aromatic carbocycles. The van der Waals surface area contributed by atoms with Crippen molar-refractivity contribution in [3.63, 3.8) is 0 Å². The second-order valence-corrected chi connectivity index (χ2v) is 8.23. The number of aromatic carboxylic acids is 1. The van der Waals surface area contributed by atoms with Crippen LogP contribution in [0, 0.1) is 17.8 Å². The summed E-state index contributed by atoms with van der Waals surface area (Å²) in [6, 6.07) is 15.0. The van der Waals surface area contributed by atoms with Crippen LogP contribution < -0.4 is 5.32 Å². The van der Waals surface area contributed by atoms with E-state index in [-0.39, 0.29) is 6.04 Å². The fraction of sp³-hybridized carbons (Fsp3) is 0.435. The monoisotopic (exact) mass is 347 g/mol. The number of hydrogen-bond acceptors (Lipinski definition) is 2. The molecular formula is C23H25NO2. The Balaban J connectivity index is 1.64. The van der Waals surface area contributed by atoms with Crippen molar-refractivity contribution in [2.75, 3.05) is 5.32 Å². The van der Waals surface area contributed by atoms with Gasteiger partial charge in [-0.25, -0.2) is 4.79 Å². The van der Waals surface area contributed by atoms with Crippen LogP contribution >= 0.6 is 0 Å². The van der Waals surface area contributed by atoms with Crippen molar-refractivity contribution in [2.45, 2.75) is 44.6 Å². The van der Waals surface area contributed by atoms with Gasteiger partial charge in [-0.1, -0.05) is 43.3 Å². The van der Waals surface area contributed by atoms with Crippen LogP contribution in [0.2, 0.25) is 0 Å². The van der Waals surface area contributed by atoms with Crippen molar-refractivity contribution < 1.29 is 9.90 Å². The zero-order valence-electron chi connectivity index (χ0n) is 15.1. The molecule has 0 saturated heterocycles. The first-order valence-corrected chi connectivity index (χ1v) is 9.89. The minimum absolute atomic E-state index is 0.217. The van der Waals surface area contributed by atoms with Crippen molar-refractivity contribution in [1.82, 2.24) is 0 Å². The molecule has 1 heterocycles. The second kappa shape index (κ2) is 5.87. The first kappa shape index (κ1) is 15.9. The Morgan fingerprint density at radius 1 is 1.12 bits per heavy atom. The van der Waals surface area contributed by atoms with Gasteiger partial charge in [0.2, 0.25) is 0 Å². The summed E-state index contributed by atoms with van der Waals surface area (Å²) in [6.07, 6.45) is 4.97. The van der Waals surface area contributed by atoms with Gasteiger partial charge in [0.25, 0.3) is 0 Å². The molecule has 26 heavy (non-hydrogen) atoms. The van der Waals surface area contributed by atoms with E-state index in [4.69, 9.17) is 0 Å². The summed E-state index contributed by atoms with van der Waals surface area (Å²) >= 11 is 0. The third-order valence-corrected chi connectivity index (χ3v) is 7.10. The van der Waals surface area contributed by atoms with E-state index in [1.807, 2.05) is 6.07 Å². The Hall–Kier alpha value is -2.29. The molecule has 3 nitrogen and oxygen atoms in total. The highest BCUT2D eigenvalue weighted by atomic mass is 16.4. The molecule has 3 heteroatoms. The number of fused-ring (bicyclic) bond motifs is 7. The van der Waals surface area contributed by atoms with Gasteiger partial charge in [0, 0.05) is 0 Å². The first-order valence-electron chi connectivity index (χ1n) is 9.89. The zero-order chi connectivity index (χ0) is 17.8. The van der Waals surface area contributed by atoms with E-state index in [0.717, 1.165) is 18.0 Å². The third-order valence-electron chi connectivity index (χ3n) is 7.10. The largest absolute Gasteiger partial charge is 0.478 e. The lowest BCUT2D eigenvalue weighted by molar-refractivity contribution is 0.0697. The van der Waals surface area contributed by atoms with Crippen LogP contribution in [0.5, 0.6) is 0 Å². The van der Waals surface area contributed by atoms with Crippen LogP contribution in [0.3, 0.4) is 0 Å². The maximum Gasteiger partial charge on any atom is 0.337 e. The maximum absolute atomic E-state index is 11.8. The average Bonchev–Trinajstić information content (AvgIpc) is 3.29. The zero-order valence-corrected chi connectivity index (χ0v) is 15.1. The highest BCUT2D eigenvalue weighted by Gasteiger charge is 2.54. The van der Waals surface area contributed by atoms with E-state index in [2.05, 4.69) is 42.6 Å². The van der Waals surface area contributed by atoms with Gasteiger partial charge >= 0.3 is 5.97 Å². The van der Waals surface area contributed by atoms with Gasteiger partial charge < -0.3 is 10.4 Å². The highest BCUT2D eigenvalue weighted by Crippen LogP contribution is 2.63. The summed E-state index contributed by atoms with van der Waals surface area (Å²) in [5.41, 5.74) is 5.16. The molecule has 2 fully saturated rings. The van der Waals surface area contributed by atoms with Crippen LogP contribution in [-0.2, 0) is 6.42 Å². The highest BCUT2D eigenvalue weighted by molar-refractivity contribution is 5.95. The third kappa shape index (κ3) is 2.22. The summed E-state index contributed by atoms with van der Waals surface area (Å²) in [7, 11) is 0. The molecular weight excluding hydrogens is 322 g/mol. The van der Waals surface area contributed by atoms with Gasteiger partial charge in [0.05, 0.1) is 17.3 Å². The van der Waals surface area contributed by atoms with Gasteiger partial charge in [-0.3, -0.25) is 0 Å². The van der Waals surface area contributed by atoms with Gasteiger partial charge in [-0.2, -0.15) is 0 Å². The molecule has 2 aliphatic carbocycles. The molecule has 0 radical (unpaired) electrons. The molecule has 0 amide bonds. The Morgan fingerprint density at radius 2 is 1.88 bits per heavy atom. The molecule has 2 bridgehead atoms. The van der Waals surface area contributed by atoms with Gasteiger partial charge in [0.15, 0.2) is 0 Å². The van der Waals surface area contributed by atoms with E-state index in [1.54, 1.807) is 6.07 Å². The Bertz CT molecular complexity index is 857. The van der Waals surface area contributed by atoms with Crippen molar-refractivity contribution in [1.29, 1.82) is 0 Å². The van der Waals surface area contributed by atoms with Crippen LogP contribution in [-0.4, -0.2) is 11.1 Å². The Morgan fingerprint density at radius 3 is 2.62 bits per heavy atom. The lowest BCUT2D eigenvalue weighted by Gasteiger charge is -2.44. The number of anilines is 1. The Labute approximate surface area is 154 Å². The number of benzene rings is 2. The SMILES string of the molecule is CCc1ccc([C@H]2Nc3c(C(=O)O)cccc3[C@H]3[C@H]4CC[C@@H](C4)[C@@H]32)cc1. The summed E-state index contributed by atoms with van der Waals surface area (Å²) < 4.78 is 0. The van der Waals surface area contributed by atoms with Crippen molar-refractivity contribution in [3.8, 4) is 0 Å². The normalized spacial score (nSPS) is 31.2. The number of nitrogens with one attached hydrogen (secondary N) is 1. The molecule has 134 valence electrons. The smallest absolute Gasteiger partial charge is 0.337 e.